The lowest BCUT2D eigenvalue weighted by atomic mass is 10.0. The molecule has 4 heteroatoms. The summed E-state index contributed by atoms with van der Waals surface area (Å²) in [6, 6.07) is 67.6. The molecule has 0 aliphatic rings. The van der Waals surface area contributed by atoms with Crippen LogP contribution in [-0.2, 0) is 0 Å². The Kier molecular flexibility index (Phi) is 5.14. The van der Waals surface area contributed by atoms with Crippen molar-refractivity contribution in [3.63, 3.8) is 0 Å². The van der Waals surface area contributed by atoms with E-state index < -0.39 is 0 Å². The molecule has 0 aliphatic heterocycles. The lowest BCUT2D eigenvalue weighted by Crippen LogP contribution is -1.93. The molecule has 15 aromatic rings. The Bertz CT molecular complexity index is 3960. The Morgan fingerprint density at radius 2 is 0.569 bits per heavy atom. The maximum absolute atomic E-state index is 2.56. The van der Waals surface area contributed by atoms with E-state index in [9.17, 15) is 0 Å². The Morgan fingerprint density at radius 1 is 0.224 bits per heavy atom. The van der Waals surface area contributed by atoms with Crippen LogP contribution < -0.4 is 0 Å². The lowest BCUT2D eigenvalue weighted by Gasteiger charge is -2.09. The second-order valence-electron chi connectivity index (χ2n) is 16.1. The highest BCUT2D eigenvalue weighted by molar-refractivity contribution is 6.38. The van der Waals surface area contributed by atoms with Crippen LogP contribution in [0.2, 0.25) is 0 Å². The van der Waals surface area contributed by atoms with Crippen molar-refractivity contribution in [2.24, 2.45) is 0 Å². The van der Waals surface area contributed by atoms with Crippen LogP contribution in [0, 0.1) is 0 Å². The van der Waals surface area contributed by atoms with Crippen LogP contribution in [0.3, 0.4) is 0 Å². The predicted octanol–water partition coefficient (Wildman–Crippen LogP) is 14.2. The van der Waals surface area contributed by atoms with Gasteiger partial charge in [0.15, 0.2) is 0 Å². The molecule has 0 N–H and O–H groups in total. The highest BCUT2D eigenvalue weighted by Gasteiger charge is 2.28. The van der Waals surface area contributed by atoms with Gasteiger partial charge < -0.3 is 17.9 Å². The predicted molar refractivity (Wildman–Crippen MR) is 244 cm³/mol. The summed E-state index contributed by atoms with van der Waals surface area (Å²) in [6.45, 7) is 0. The van der Waals surface area contributed by atoms with E-state index in [-0.39, 0.29) is 0 Å². The van der Waals surface area contributed by atoms with E-state index >= 15 is 0 Å². The summed E-state index contributed by atoms with van der Waals surface area (Å²) in [4.78, 5) is 0. The van der Waals surface area contributed by atoms with Crippen molar-refractivity contribution in [1.82, 2.24) is 17.9 Å². The number of aromatic nitrogens is 4. The molecular weight excluding hydrogens is 705 g/mol. The van der Waals surface area contributed by atoms with Crippen molar-refractivity contribution in [1.29, 1.82) is 0 Å². The minimum Gasteiger partial charge on any atom is -0.309 e. The van der Waals surface area contributed by atoms with Crippen LogP contribution >= 0.6 is 0 Å². The van der Waals surface area contributed by atoms with Crippen LogP contribution in [0.25, 0.3) is 131 Å². The van der Waals surface area contributed by atoms with Crippen molar-refractivity contribution in [2.75, 3.05) is 0 Å². The number of para-hydroxylation sites is 6. The number of hydrogen-bond acceptors (Lipinski definition) is 0. The van der Waals surface area contributed by atoms with Crippen LogP contribution in [0.1, 0.15) is 0 Å². The number of fused-ring (bicyclic) bond motifs is 20. The molecule has 0 unspecified atom stereocenters. The molecule has 266 valence electrons. The smallest absolute Gasteiger partial charge is 0.0642 e. The Labute approximate surface area is 329 Å². The Morgan fingerprint density at radius 3 is 1.00 bits per heavy atom. The topological polar surface area (TPSA) is 18.7 Å². The zero-order valence-corrected chi connectivity index (χ0v) is 31.1. The standard InChI is InChI=1S/C54H30N4/c1-3-15-31(16-4-1)55-43-23-11-7-19-33(43)39-27-41-37-29-48-38(30-47(37)57-45-25-13-9-21-35(45)49(51(39)55)53(41)57)42-28-40-34-20-8-12-24-44(34)56(32-17-5-2-6-18-32)52(40)50-36-22-10-14-26-46(36)58(48)54(42)50/h1-30H. The fraction of sp³-hybridized carbons (Fsp3) is 0. The molecule has 0 bridgehead atoms. The van der Waals surface area contributed by atoms with Crippen molar-refractivity contribution in [3.8, 4) is 11.4 Å². The van der Waals surface area contributed by atoms with Gasteiger partial charge in [0.2, 0.25) is 0 Å². The molecule has 0 atom stereocenters. The molecule has 6 aromatic heterocycles. The second kappa shape index (κ2) is 10.1. The molecule has 0 aliphatic carbocycles. The first-order valence-electron chi connectivity index (χ1n) is 20.1. The van der Waals surface area contributed by atoms with E-state index in [0.29, 0.717) is 0 Å². The van der Waals surface area contributed by atoms with E-state index in [1.165, 1.54) is 131 Å². The minimum atomic E-state index is 1.18. The van der Waals surface area contributed by atoms with E-state index in [2.05, 4.69) is 200 Å². The zero-order chi connectivity index (χ0) is 37.4. The molecule has 0 radical (unpaired) electrons. The van der Waals surface area contributed by atoms with Gasteiger partial charge in [-0.2, -0.15) is 0 Å². The molecule has 4 nitrogen and oxygen atoms in total. The van der Waals surface area contributed by atoms with Crippen molar-refractivity contribution in [2.45, 2.75) is 0 Å². The number of benzene rings is 9. The van der Waals surface area contributed by atoms with Crippen molar-refractivity contribution in [3.05, 3.63) is 182 Å². The third-order valence-corrected chi connectivity index (χ3v) is 13.3. The molecule has 0 spiro atoms. The summed E-state index contributed by atoms with van der Waals surface area (Å²) in [6.07, 6.45) is 0. The highest BCUT2D eigenvalue weighted by atomic mass is 15.0. The normalized spacial score (nSPS) is 12.8. The number of hydrogen-bond donors (Lipinski definition) is 0. The number of rotatable bonds is 2. The van der Waals surface area contributed by atoms with Gasteiger partial charge in [-0.25, -0.2) is 0 Å². The first-order chi connectivity index (χ1) is 28.8. The van der Waals surface area contributed by atoms with Gasteiger partial charge in [-0.15, -0.1) is 0 Å². The minimum absolute atomic E-state index is 1.18. The van der Waals surface area contributed by atoms with Crippen molar-refractivity contribution < 1.29 is 0 Å². The van der Waals surface area contributed by atoms with Gasteiger partial charge in [0, 0.05) is 76.0 Å². The monoisotopic (exact) mass is 734 g/mol. The van der Waals surface area contributed by atoms with Gasteiger partial charge >= 0.3 is 0 Å². The van der Waals surface area contributed by atoms with Gasteiger partial charge in [0.25, 0.3) is 0 Å². The molecule has 6 heterocycles. The van der Waals surface area contributed by atoms with Gasteiger partial charge in [-0.05, 0) is 72.8 Å². The maximum atomic E-state index is 2.56. The second-order valence-corrected chi connectivity index (χ2v) is 16.1. The van der Waals surface area contributed by atoms with E-state index in [4.69, 9.17) is 0 Å². The van der Waals surface area contributed by atoms with Gasteiger partial charge in [0.1, 0.15) is 0 Å². The quantitative estimate of drug-likeness (QED) is 0.168. The zero-order valence-electron chi connectivity index (χ0n) is 31.1. The fourth-order valence-corrected chi connectivity index (χ4v) is 11.2. The van der Waals surface area contributed by atoms with E-state index in [1.807, 2.05) is 0 Å². The average Bonchev–Trinajstić information content (AvgIpc) is 4.11. The fourth-order valence-electron chi connectivity index (χ4n) is 11.2. The first kappa shape index (κ1) is 29.5. The summed E-state index contributed by atoms with van der Waals surface area (Å²) in [5.41, 5.74) is 14.9. The maximum Gasteiger partial charge on any atom is 0.0642 e. The summed E-state index contributed by atoms with van der Waals surface area (Å²) < 4.78 is 10.1. The van der Waals surface area contributed by atoms with Gasteiger partial charge in [-0.3, -0.25) is 0 Å². The lowest BCUT2D eigenvalue weighted by molar-refractivity contribution is 1.19. The van der Waals surface area contributed by atoms with Crippen molar-refractivity contribution >= 4 is 120 Å². The molecule has 0 saturated carbocycles. The first-order valence-corrected chi connectivity index (χ1v) is 20.1. The average molecular weight is 735 g/mol. The molecule has 0 amide bonds. The highest BCUT2D eigenvalue weighted by Crippen LogP contribution is 2.50. The SMILES string of the molecule is c1ccc(-n2c3ccccc3c3cc4c5cc6c(cc5n5c7ccccc7c(c32)c45)c2cc3c4ccccc4n(-c4ccccc4)c3c3c4ccccc4n6c23)cc1. The molecule has 58 heavy (non-hydrogen) atoms. The van der Waals surface area contributed by atoms with Crippen LogP contribution in [0.4, 0.5) is 0 Å². The third kappa shape index (κ3) is 3.30. The summed E-state index contributed by atoms with van der Waals surface area (Å²) in [7, 11) is 0. The van der Waals surface area contributed by atoms with Gasteiger partial charge in [-0.1, -0.05) is 109 Å². The molecule has 0 saturated heterocycles. The van der Waals surface area contributed by atoms with Crippen LogP contribution in [0.15, 0.2) is 182 Å². The molecule has 15 rings (SSSR count). The summed E-state index contributed by atoms with van der Waals surface area (Å²) in [5.74, 6) is 0. The molecule has 9 aromatic carbocycles. The Hall–Kier alpha value is -7.82. The third-order valence-electron chi connectivity index (χ3n) is 13.3. The van der Waals surface area contributed by atoms with Crippen LogP contribution in [-0.4, -0.2) is 17.9 Å². The molecule has 0 fully saturated rings. The van der Waals surface area contributed by atoms with E-state index in [0.717, 1.165) is 0 Å². The number of nitrogens with zero attached hydrogens (tertiary/aromatic N) is 4. The van der Waals surface area contributed by atoms with Gasteiger partial charge in [0.05, 0.1) is 55.2 Å². The Balaban J connectivity index is 1.18. The largest absolute Gasteiger partial charge is 0.309 e. The summed E-state index contributed by atoms with van der Waals surface area (Å²) >= 11 is 0. The van der Waals surface area contributed by atoms with Crippen LogP contribution in [0.5, 0.6) is 0 Å². The summed E-state index contributed by atoms with van der Waals surface area (Å²) in [5, 5.41) is 15.5. The molecular formula is C54H30N4. The van der Waals surface area contributed by atoms with E-state index in [1.54, 1.807) is 0 Å².